The molecule has 0 atom stereocenters. The van der Waals surface area contributed by atoms with E-state index in [1.54, 1.807) is 12.1 Å². The van der Waals surface area contributed by atoms with Crippen LogP contribution in [0.15, 0.2) is 30.8 Å². The van der Waals surface area contributed by atoms with Crippen LogP contribution < -0.4 is 0 Å². The highest BCUT2D eigenvalue weighted by molar-refractivity contribution is 5.56. The minimum absolute atomic E-state index is 0.0277. The molecule has 0 aliphatic rings. The zero-order chi connectivity index (χ0) is 11.5. The molecule has 0 aliphatic heterocycles. The molecule has 0 N–H and O–H groups in total. The van der Waals surface area contributed by atoms with Crippen molar-refractivity contribution in [1.82, 2.24) is 20.2 Å². The lowest BCUT2D eigenvalue weighted by atomic mass is 10.2. The van der Waals surface area contributed by atoms with Crippen LogP contribution in [0.3, 0.4) is 0 Å². The monoisotopic (exact) mass is 217 g/mol. The average Bonchev–Trinajstić information content (AvgIpc) is 2.77. The Morgan fingerprint density at radius 2 is 2.06 bits per heavy atom. The van der Waals surface area contributed by atoms with E-state index in [-0.39, 0.29) is 5.69 Å². The topological polar surface area (TPSA) is 86.7 Å². The lowest BCUT2D eigenvalue weighted by Crippen LogP contribution is -1.90. The molecule has 0 amide bonds. The van der Waals surface area contributed by atoms with Crippen LogP contribution in [-0.2, 0) is 0 Å². The minimum Gasteiger partial charge on any atom is -0.258 e. The van der Waals surface area contributed by atoms with Crippen molar-refractivity contribution in [3.8, 4) is 11.4 Å². The minimum atomic E-state index is -0.461. The molecule has 0 bridgehead atoms. The summed E-state index contributed by atoms with van der Waals surface area (Å²) in [7, 11) is 0. The van der Waals surface area contributed by atoms with Crippen molar-refractivity contribution in [2.24, 2.45) is 0 Å². The molecule has 0 unspecified atom stereocenters. The number of benzene rings is 1. The van der Waals surface area contributed by atoms with Crippen molar-refractivity contribution >= 4 is 11.9 Å². The van der Waals surface area contributed by atoms with Gasteiger partial charge in [0.2, 0.25) is 5.82 Å². The Labute approximate surface area is 90.2 Å². The van der Waals surface area contributed by atoms with Gasteiger partial charge in [-0.15, -0.1) is 15.0 Å². The molecule has 7 heteroatoms. The first-order valence-electron chi connectivity index (χ1n) is 4.37. The second kappa shape index (κ2) is 3.89. The van der Waals surface area contributed by atoms with Crippen molar-refractivity contribution < 1.29 is 4.92 Å². The molecule has 0 saturated heterocycles. The van der Waals surface area contributed by atoms with E-state index in [1.807, 2.05) is 0 Å². The number of nitrogens with zero attached hydrogens (tertiary/aromatic N) is 5. The predicted octanol–water partition coefficient (Wildman–Crippen LogP) is 1.35. The van der Waals surface area contributed by atoms with Crippen LogP contribution in [-0.4, -0.2) is 25.1 Å². The van der Waals surface area contributed by atoms with Crippen molar-refractivity contribution in [1.29, 1.82) is 0 Å². The molecular formula is C9H7N5O2. The second-order valence-electron chi connectivity index (χ2n) is 2.92. The van der Waals surface area contributed by atoms with E-state index < -0.39 is 4.92 Å². The largest absolute Gasteiger partial charge is 0.269 e. The number of aromatic nitrogens is 4. The average molecular weight is 217 g/mol. The van der Waals surface area contributed by atoms with Crippen molar-refractivity contribution in [2.45, 2.75) is 0 Å². The normalized spacial score (nSPS) is 10.0. The smallest absolute Gasteiger partial charge is 0.258 e. The Hall–Kier alpha value is -2.57. The van der Waals surface area contributed by atoms with Gasteiger partial charge in [0.1, 0.15) is 0 Å². The molecule has 1 aromatic heterocycles. The number of rotatable bonds is 3. The summed E-state index contributed by atoms with van der Waals surface area (Å²) in [5.41, 5.74) is 0.693. The number of tetrazole rings is 1. The van der Waals surface area contributed by atoms with Gasteiger partial charge in [-0.1, -0.05) is 6.58 Å². The molecule has 0 spiro atoms. The summed E-state index contributed by atoms with van der Waals surface area (Å²) in [6.07, 6.45) is 1.40. The highest BCUT2D eigenvalue weighted by Gasteiger charge is 2.08. The van der Waals surface area contributed by atoms with Crippen LogP contribution in [0.2, 0.25) is 0 Å². The molecule has 1 aromatic carbocycles. The molecule has 2 aromatic rings. The Morgan fingerprint density at radius 1 is 1.38 bits per heavy atom. The third-order valence-corrected chi connectivity index (χ3v) is 1.93. The van der Waals surface area contributed by atoms with Crippen molar-refractivity contribution in [3.05, 3.63) is 41.0 Å². The van der Waals surface area contributed by atoms with Crippen LogP contribution in [0.1, 0.15) is 0 Å². The molecular weight excluding hydrogens is 210 g/mol. The predicted molar refractivity (Wildman–Crippen MR) is 56.3 cm³/mol. The van der Waals surface area contributed by atoms with Gasteiger partial charge < -0.3 is 0 Å². The van der Waals surface area contributed by atoms with E-state index in [4.69, 9.17) is 0 Å². The summed E-state index contributed by atoms with van der Waals surface area (Å²) in [5.74, 6) is 0.398. The van der Waals surface area contributed by atoms with Gasteiger partial charge in [-0.2, -0.15) is 0 Å². The Morgan fingerprint density at radius 3 is 2.56 bits per heavy atom. The molecule has 1 heterocycles. The molecule has 80 valence electrons. The van der Waals surface area contributed by atoms with Gasteiger partial charge >= 0.3 is 0 Å². The van der Waals surface area contributed by atoms with Gasteiger partial charge in [-0.25, -0.2) is 0 Å². The standard InChI is InChI=1S/C9H7N5O2/c1-2-13-11-9(10-12-13)7-3-5-8(6-4-7)14(15)16/h2-6H,1H2. The maximum Gasteiger partial charge on any atom is 0.269 e. The van der Waals surface area contributed by atoms with E-state index in [1.165, 1.54) is 23.1 Å². The second-order valence-corrected chi connectivity index (χ2v) is 2.92. The van der Waals surface area contributed by atoms with E-state index >= 15 is 0 Å². The molecule has 7 nitrogen and oxygen atoms in total. The molecule has 16 heavy (non-hydrogen) atoms. The van der Waals surface area contributed by atoms with E-state index in [0.717, 1.165) is 0 Å². The van der Waals surface area contributed by atoms with Crippen molar-refractivity contribution in [2.75, 3.05) is 0 Å². The SMILES string of the molecule is C=Cn1nnc(-c2ccc([N+](=O)[O-])cc2)n1. The number of nitro benzene ring substituents is 1. The highest BCUT2D eigenvalue weighted by atomic mass is 16.6. The van der Waals surface area contributed by atoms with Crippen LogP contribution >= 0.6 is 0 Å². The number of hydrogen-bond donors (Lipinski definition) is 0. The molecule has 0 aliphatic carbocycles. The van der Waals surface area contributed by atoms with E-state index in [9.17, 15) is 10.1 Å². The van der Waals surface area contributed by atoms with Gasteiger partial charge in [0.15, 0.2) is 0 Å². The third-order valence-electron chi connectivity index (χ3n) is 1.93. The van der Waals surface area contributed by atoms with Gasteiger partial charge in [0.05, 0.1) is 4.92 Å². The first-order valence-corrected chi connectivity index (χ1v) is 4.37. The molecule has 0 fully saturated rings. The number of nitro groups is 1. The van der Waals surface area contributed by atoms with Gasteiger partial charge in [0, 0.05) is 23.9 Å². The Balaban J connectivity index is 2.34. The quantitative estimate of drug-likeness (QED) is 0.572. The van der Waals surface area contributed by atoms with Crippen LogP contribution in [0, 0.1) is 10.1 Å². The zero-order valence-electron chi connectivity index (χ0n) is 8.15. The summed E-state index contributed by atoms with van der Waals surface area (Å²) in [5, 5.41) is 21.9. The first-order chi connectivity index (χ1) is 7.70. The molecule has 0 radical (unpaired) electrons. The van der Waals surface area contributed by atoms with Crippen LogP contribution in [0.25, 0.3) is 17.6 Å². The Kier molecular flexibility index (Phi) is 2.42. The molecule has 2 rings (SSSR count). The molecule has 0 saturated carbocycles. The maximum absolute atomic E-state index is 10.4. The number of non-ortho nitro benzene ring substituents is 1. The zero-order valence-corrected chi connectivity index (χ0v) is 8.15. The maximum atomic E-state index is 10.4. The fourth-order valence-electron chi connectivity index (χ4n) is 1.15. The van der Waals surface area contributed by atoms with Crippen molar-refractivity contribution in [3.63, 3.8) is 0 Å². The van der Waals surface area contributed by atoms with Gasteiger partial charge in [0.25, 0.3) is 5.69 Å². The summed E-state index contributed by atoms with van der Waals surface area (Å²) < 4.78 is 0. The van der Waals surface area contributed by atoms with Crippen LogP contribution in [0.4, 0.5) is 5.69 Å². The highest BCUT2D eigenvalue weighted by Crippen LogP contribution is 2.18. The summed E-state index contributed by atoms with van der Waals surface area (Å²) in [6.45, 7) is 3.48. The van der Waals surface area contributed by atoms with Gasteiger partial charge in [-0.3, -0.25) is 10.1 Å². The first kappa shape index (κ1) is 9.97. The summed E-state index contributed by atoms with van der Waals surface area (Å²) in [4.78, 5) is 11.2. The lowest BCUT2D eigenvalue weighted by molar-refractivity contribution is -0.384. The lowest BCUT2D eigenvalue weighted by Gasteiger charge is -1.93. The summed E-state index contributed by atoms with van der Waals surface area (Å²) >= 11 is 0. The van der Waals surface area contributed by atoms with Gasteiger partial charge in [-0.05, 0) is 17.3 Å². The third kappa shape index (κ3) is 1.78. The number of hydrogen-bond acceptors (Lipinski definition) is 5. The van der Waals surface area contributed by atoms with E-state index in [2.05, 4.69) is 22.0 Å². The fraction of sp³-hybridized carbons (Fsp3) is 0. The van der Waals surface area contributed by atoms with E-state index in [0.29, 0.717) is 11.4 Å². The fourth-order valence-corrected chi connectivity index (χ4v) is 1.15. The Bertz CT molecular complexity index is 531. The summed E-state index contributed by atoms with van der Waals surface area (Å²) in [6, 6.07) is 5.93. The van der Waals surface area contributed by atoms with Crippen LogP contribution in [0.5, 0.6) is 0 Å².